The Morgan fingerprint density at radius 3 is 2.39 bits per heavy atom. The third-order valence-electron chi connectivity index (χ3n) is 4.81. The molecule has 2 saturated heterocycles. The highest BCUT2D eigenvalue weighted by atomic mass is 16.5. The molecule has 1 aromatic carbocycles. The Kier molecular flexibility index (Phi) is 6.46. The van der Waals surface area contributed by atoms with Gasteiger partial charge in [0.2, 0.25) is 5.91 Å². The summed E-state index contributed by atoms with van der Waals surface area (Å²) in [6.07, 6.45) is 0.355. The molecule has 0 atom stereocenters. The van der Waals surface area contributed by atoms with E-state index in [0.717, 1.165) is 23.7 Å². The summed E-state index contributed by atoms with van der Waals surface area (Å²) >= 11 is 0. The molecule has 2 heterocycles. The Morgan fingerprint density at radius 2 is 1.75 bits per heavy atom. The Balaban J connectivity index is 1.32. The number of carbonyl (C=O) groups excluding carboxylic acids is 4. The minimum atomic E-state index is -0.511. The lowest BCUT2D eigenvalue weighted by Crippen LogP contribution is -2.49. The van der Waals surface area contributed by atoms with Crippen molar-refractivity contribution in [3.8, 4) is 0 Å². The largest absolute Gasteiger partial charge is 0.456 e. The van der Waals surface area contributed by atoms with Crippen molar-refractivity contribution in [2.75, 3.05) is 50.8 Å². The monoisotopic (exact) mass is 388 g/mol. The predicted molar refractivity (Wildman–Crippen MR) is 101 cm³/mol. The van der Waals surface area contributed by atoms with Gasteiger partial charge in [0, 0.05) is 44.8 Å². The number of amides is 4. The highest BCUT2D eigenvalue weighted by Gasteiger charge is 2.28. The van der Waals surface area contributed by atoms with Crippen LogP contribution in [0.15, 0.2) is 30.3 Å². The van der Waals surface area contributed by atoms with Gasteiger partial charge >= 0.3 is 12.0 Å². The van der Waals surface area contributed by atoms with Gasteiger partial charge in [0.1, 0.15) is 0 Å². The number of benzene rings is 1. The summed E-state index contributed by atoms with van der Waals surface area (Å²) in [5.41, 5.74) is 1.13. The van der Waals surface area contributed by atoms with E-state index in [1.807, 2.05) is 30.3 Å². The Labute approximate surface area is 163 Å². The van der Waals surface area contributed by atoms with Crippen molar-refractivity contribution >= 4 is 29.5 Å². The third kappa shape index (κ3) is 4.99. The first-order valence-corrected chi connectivity index (χ1v) is 9.36. The molecule has 3 rings (SSSR count). The number of rotatable bonds is 7. The van der Waals surface area contributed by atoms with Crippen LogP contribution >= 0.6 is 0 Å². The van der Waals surface area contributed by atoms with Crippen LogP contribution in [-0.4, -0.2) is 79.5 Å². The molecule has 28 heavy (non-hydrogen) atoms. The molecule has 2 aliphatic heterocycles. The molecule has 0 radical (unpaired) electrons. The summed E-state index contributed by atoms with van der Waals surface area (Å²) in [5, 5.41) is 2.42. The highest BCUT2D eigenvalue weighted by Crippen LogP contribution is 2.15. The number of hydrogen-bond donors (Lipinski definition) is 1. The fourth-order valence-electron chi connectivity index (χ4n) is 3.22. The van der Waals surface area contributed by atoms with Crippen molar-refractivity contribution < 1.29 is 23.9 Å². The fraction of sp³-hybridized carbons (Fsp3) is 0.474. The van der Waals surface area contributed by atoms with E-state index in [1.54, 1.807) is 4.90 Å². The SMILES string of the molecule is O=C(CCCN1C(=O)CNC1=O)OCC(=O)N1CCN(c2ccccc2)CC1. The molecule has 150 valence electrons. The van der Waals surface area contributed by atoms with E-state index < -0.39 is 12.0 Å². The van der Waals surface area contributed by atoms with E-state index in [1.165, 1.54) is 0 Å². The molecule has 0 aromatic heterocycles. The number of carbonyl (C=O) groups is 4. The number of nitrogens with one attached hydrogen (secondary N) is 1. The van der Waals surface area contributed by atoms with E-state index in [2.05, 4.69) is 10.2 Å². The second kappa shape index (κ2) is 9.20. The van der Waals surface area contributed by atoms with Gasteiger partial charge in [0.25, 0.3) is 5.91 Å². The smallest absolute Gasteiger partial charge is 0.324 e. The zero-order valence-corrected chi connectivity index (χ0v) is 15.6. The van der Waals surface area contributed by atoms with Crippen LogP contribution in [0.3, 0.4) is 0 Å². The van der Waals surface area contributed by atoms with Crippen molar-refractivity contribution in [2.45, 2.75) is 12.8 Å². The first-order valence-electron chi connectivity index (χ1n) is 9.36. The highest BCUT2D eigenvalue weighted by molar-refractivity contribution is 6.01. The number of nitrogens with zero attached hydrogens (tertiary/aromatic N) is 3. The summed E-state index contributed by atoms with van der Waals surface area (Å²) in [6, 6.07) is 9.58. The minimum Gasteiger partial charge on any atom is -0.456 e. The van der Waals surface area contributed by atoms with Gasteiger partial charge in [-0.1, -0.05) is 18.2 Å². The predicted octanol–water partition coefficient (Wildman–Crippen LogP) is 0.210. The van der Waals surface area contributed by atoms with Crippen LogP contribution in [0.25, 0.3) is 0 Å². The van der Waals surface area contributed by atoms with Gasteiger partial charge in [-0.05, 0) is 18.6 Å². The Bertz CT molecular complexity index is 715. The lowest BCUT2D eigenvalue weighted by Gasteiger charge is -2.36. The lowest BCUT2D eigenvalue weighted by atomic mass is 10.2. The van der Waals surface area contributed by atoms with E-state index >= 15 is 0 Å². The van der Waals surface area contributed by atoms with Crippen LogP contribution in [0, 0.1) is 0 Å². The van der Waals surface area contributed by atoms with Crippen LogP contribution < -0.4 is 10.2 Å². The normalized spacial score (nSPS) is 16.9. The summed E-state index contributed by atoms with van der Waals surface area (Å²) < 4.78 is 5.04. The number of piperazine rings is 1. The molecule has 0 unspecified atom stereocenters. The van der Waals surface area contributed by atoms with Crippen molar-refractivity contribution in [3.05, 3.63) is 30.3 Å². The quantitative estimate of drug-likeness (QED) is 0.530. The van der Waals surface area contributed by atoms with Crippen molar-refractivity contribution in [1.29, 1.82) is 0 Å². The molecule has 1 aromatic rings. The van der Waals surface area contributed by atoms with E-state index in [-0.39, 0.29) is 37.9 Å². The van der Waals surface area contributed by atoms with Crippen LogP contribution in [-0.2, 0) is 19.1 Å². The standard InChI is InChI=1S/C19H24N4O5/c24-16-13-20-19(27)23(16)8-4-7-18(26)28-14-17(25)22-11-9-21(10-12-22)15-5-2-1-3-6-15/h1-3,5-6H,4,7-14H2,(H,20,27). The molecule has 0 bridgehead atoms. The zero-order valence-electron chi connectivity index (χ0n) is 15.6. The maximum Gasteiger partial charge on any atom is 0.324 e. The lowest BCUT2D eigenvalue weighted by molar-refractivity contribution is -0.152. The average Bonchev–Trinajstić information content (AvgIpc) is 3.05. The molecule has 9 heteroatoms. The van der Waals surface area contributed by atoms with Crippen LogP contribution in [0.2, 0.25) is 0 Å². The molecule has 2 aliphatic rings. The van der Waals surface area contributed by atoms with Crippen LogP contribution in [0.5, 0.6) is 0 Å². The average molecular weight is 388 g/mol. The summed E-state index contributed by atoms with van der Waals surface area (Å²) in [7, 11) is 0. The number of ether oxygens (including phenoxy) is 1. The summed E-state index contributed by atoms with van der Waals surface area (Å²) in [4.78, 5) is 51.8. The number of anilines is 1. The fourth-order valence-corrected chi connectivity index (χ4v) is 3.22. The number of hydrogen-bond acceptors (Lipinski definition) is 6. The van der Waals surface area contributed by atoms with Crippen molar-refractivity contribution in [3.63, 3.8) is 0 Å². The Morgan fingerprint density at radius 1 is 1.04 bits per heavy atom. The molecule has 2 fully saturated rings. The molecule has 4 amide bonds. The topological polar surface area (TPSA) is 99.3 Å². The molecule has 0 aliphatic carbocycles. The molecular formula is C19H24N4O5. The number of para-hydroxylation sites is 1. The molecule has 1 N–H and O–H groups in total. The number of esters is 1. The summed E-state index contributed by atoms with van der Waals surface area (Å²) in [5.74, 6) is -1.03. The van der Waals surface area contributed by atoms with Gasteiger partial charge in [0.15, 0.2) is 6.61 Å². The van der Waals surface area contributed by atoms with Crippen LogP contribution in [0.1, 0.15) is 12.8 Å². The van der Waals surface area contributed by atoms with E-state index in [9.17, 15) is 19.2 Å². The van der Waals surface area contributed by atoms with E-state index in [0.29, 0.717) is 19.5 Å². The number of urea groups is 1. The second-order valence-corrected chi connectivity index (χ2v) is 6.67. The van der Waals surface area contributed by atoms with Gasteiger partial charge < -0.3 is 19.9 Å². The second-order valence-electron chi connectivity index (χ2n) is 6.67. The zero-order chi connectivity index (χ0) is 19.9. The summed E-state index contributed by atoms with van der Waals surface area (Å²) in [6.45, 7) is 2.50. The molecule has 0 saturated carbocycles. The van der Waals surface area contributed by atoms with E-state index in [4.69, 9.17) is 4.74 Å². The van der Waals surface area contributed by atoms with Gasteiger partial charge in [-0.2, -0.15) is 0 Å². The number of imide groups is 1. The molecule has 0 spiro atoms. The van der Waals surface area contributed by atoms with Gasteiger partial charge in [0.05, 0.1) is 6.54 Å². The van der Waals surface area contributed by atoms with Crippen molar-refractivity contribution in [1.82, 2.24) is 15.1 Å². The van der Waals surface area contributed by atoms with Crippen LogP contribution in [0.4, 0.5) is 10.5 Å². The minimum absolute atomic E-state index is 0.00465. The maximum atomic E-state index is 12.2. The van der Waals surface area contributed by atoms with Gasteiger partial charge in [-0.25, -0.2) is 4.79 Å². The first kappa shape index (κ1) is 19.7. The first-order chi connectivity index (χ1) is 13.5. The maximum absolute atomic E-state index is 12.2. The van der Waals surface area contributed by atoms with Gasteiger partial charge in [-0.15, -0.1) is 0 Å². The third-order valence-corrected chi connectivity index (χ3v) is 4.81. The molecular weight excluding hydrogens is 364 g/mol. The Hall–Kier alpha value is -3.10. The molecule has 9 nitrogen and oxygen atoms in total. The van der Waals surface area contributed by atoms with Crippen molar-refractivity contribution in [2.24, 2.45) is 0 Å². The van der Waals surface area contributed by atoms with Gasteiger partial charge in [-0.3, -0.25) is 19.3 Å².